The van der Waals surface area contributed by atoms with E-state index in [-0.39, 0.29) is 17.9 Å². The van der Waals surface area contributed by atoms with Gasteiger partial charge in [-0.1, -0.05) is 25.8 Å². The molecule has 0 aromatic heterocycles. The number of hydrogen-bond acceptors (Lipinski definition) is 3. The minimum absolute atomic E-state index is 0.00348. The molecule has 5 nitrogen and oxygen atoms in total. The van der Waals surface area contributed by atoms with Crippen LogP contribution in [0.25, 0.3) is 0 Å². The summed E-state index contributed by atoms with van der Waals surface area (Å²) in [6, 6.07) is 7.40. The Hall–Kier alpha value is -2.04. The molecule has 1 aromatic rings. The first-order valence-corrected chi connectivity index (χ1v) is 8.56. The second kappa shape index (κ2) is 8.56. The quantitative estimate of drug-likeness (QED) is 0.725. The zero-order valence-corrected chi connectivity index (χ0v) is 14.1. The molecule has 0 bridgehead atoms. The molecule has 2 N–H and O–H groups in total. The summed E-state index contributed by atoms with van der Waals surface area (Å²) in [5, 5.41) is 6.16. The standard InChI is InChI=1S/C18H27N3O2/c1-3-4-5-11-19-18(23)14(2)20-15-8-6-9-16(13-15)21-12-7-10-17(21)22/h6,8-9,13-14,20H,3-5,7,10-12H2,1-2H3,(H,19,23). The molecule has 0 radical (unpaired) electrons. The number of benzene rings is 1. The molecule has 5 heteroatoms. The van der Waals surface area contributed by atoms with E-state index in [4.69, 9.17) is 0 Å². The smallest absolute Gasteiger partial charge is 0.242 e. The second-order valence-corrected chi connectivity index (χ2v) is 6.06. The molecule has 0 spiro atoms. The van der Waals surface area contributed by atoms with Crippen molar-refractivity contribution in [1.29, 1.82) is 0 Å². The fraction of sp³-hybridized carbons (Fsp3) is 0.556. The van der Waals surface area contributed by atoms with Gasteiger partial charge < -0.3 is 15.5 Å². The molecule has 2 amide bonds. The summed E-state index contributed by atoms with van der Waals surface area (Å²) >= 11 is 0. The fourth-order valence-electron chi connectivity index (χ4n) is 2.74. The summed E-state index contributed by atoms with van der Waals surface area (Å²) in [5.41, 5.74) is 1.76. The number of carbonyl (C=O) groups excluding carboxylic acids is 2. The Bertz CT molecular complexity index is 545. The Balaban J connectivity index is 1.89. The predicted octanol–water partition coefficient (Wildman–Crippen LogP) is 2.92. The van der Waals surface area contributed by atoms with Crippen LogP contribution in [0, 0.1) is 0 Å². The molecule has 126 valence electrons. The Morgan fingerprint density at radius 2 is 2.17 bits per heavy atom. The van der Waals surface area contributed by atoms with Crippen LogP contribution in [0.5, 0.6) is 0 Å². The Kier molecular flexibility index (Phi) is 6.44. The lowest BCUT2D eigenvalue weighted by atomic mass is 10.2. The summed E-state index contributed by atoms with van der Waals surface area (Å²) in [6.07, 6.45) is 4.82. The predicted molar refractivity (Wildman–Crippen MR) is 93.6 cm³/mol. The van der Waals surface area contributed by atoms with Crippen molar-refractivity contribution in [2.75, 3.05) is 23.3 Å². The van der Waals surface area contributed by atoms with Crippen LogP contribution in [0.4, 0.5) is 11.4 Å². The number of amides is 2. The van der Waals surface area contributed by atoms with Gasteiger partial charge in [0.2, 0.25) is 11.8 Å². The van der Waals surface area contributed by atoms with Crippen molar-refractivity contribution in [3.05, 3.63) is 24.3 Å². The van der Waals surface area contributed by atoms with Gasteiger partial charge in [0.15, 0.2) is 0 Å². The van der Waals surface area contributed by atoms with E-state index in [1.165, 1.54) is 0 Å². The highest BCUT2D eigenvalue weighted by Crippen LogP contribution is 2.24. The topological polar surface area (TPSA) is 61.4 Å². The number of nitrogens with one attached hydrogen (secondary N) is 2. The van der Waals surface area contributed by atoms with Gasteiger partial charge >= 0.3 is 0 Å². The van der Waals surface area contributed by atoms with Crippen LogP contribution >= 0.6 is 0 Å². The summed E-state index contributed by atoms with van der Waals surface area (Å²) in [6.45, 7) is 5.49. The molecule has 0 saturated carbocycles. The number of carbonyl (C=O) groups is 2. The third-order valence-electron chi connectivity index (χ3n) is 4.09. The van der Waals surface area contributed by atoms with Crippen LogP contribution in [0.15, 0.2) is 24.3 Å². The first-order chi connectivity index (χ1) is 11.1. The Morgan fingerprint density at radius 3 is 2.87 bits per heavy atom. The number of anilines is 2. The lowest BCUT2D eigenvalue weighted by Gasteiger charge is -2.19. The molecule has 1 saturated heterocycles. The van der Waals surface area contributed by atoms with Crippen molar-refractivity contribution in [2.45, 2.75) is 52.0 Å². The normalized spacial score (nSPS) is 15.6. The molecule has 1 unspecified atom stereocenters. The molecule has 1 aromatic carbocycles. The maximum atomic E-state index is 12.1. The molecule has 0 aliphatic carbocycles. The van der Waals surface area contributed by atoms with Gasteiger partial charge in [-0.3, -0.25) is 9.59 Å². The van der Waals surface area contributed by atoms with Gasteiger partial charge in [-0.05, 0) is 38.0 Å². The summed E-state index contributed by atoms with van der Waals surface area (Å²) in [7, 11) is 0. The SMILES string of the molecule is CCCCCNC(=O)C(C)Nc1cccc(N2CCCC2=O)c1. The second-order valence-electron chi connectivity index (χ2n) is 6.06. The zero-order valence-electron chi connectivity index (χ0n) is 14.1. The molecule has 1 atom stereocenters. The molecule has 2 rings (SSSR count). The van der Waals surface area contributed by atoms with E-state index in [0.717, 1.165) is 50.1 Å². The Morgan fingerprint density at radius 1 is 1.35 bits per heavy atom. The van der Waals surface area contributed by atoms with Crippen LogP contribution in [0.1, 0.15) is 46.0 Å². The van der Waals surface area contributed by atoms with Crippen molar-refractivity contribution in [2.24, 2.45) is 0 Å². The molecule has 23 heavy (non-hydrogen) atoms. The number of nitrogens with zero attached hydrogens (tertiary/aromatic N) is 1. The van der Waals surface area contributed by atoms with Gasteiger partial charge in [0.25, 0.3) is 0 Å². The maximum Gasteiger partial charge on any atom is 0.242 e. The van der Waals surface area contributed by atoms with Crippen LogP contribution in [0.3, 0.4) is 0 Å². The Labute approximate surface area is 138 Å². The molecule has 1 aliphatic heterocycles. The van der Waals surface area contributed by atoms with E-state index in [2.05, 4.69) is 17.6 Å². The highest BCUT2D eigenvalue weighted by atomic mass is 16.2. The highest BCUT2D eigenvalue weighted by molar-refractivity contribution is 5.95. The third-order valence-corrected chi connectivity index (χ3v) is 4.09. The van der Waals surface area contributed by atoms with Gasteiger partial charge in [-0.15, -0.1) is 0 Å². The molecule has 1 aliphatic rings. The van der Waals surface area contributed by atoms with Crippen molar-refractivity contribution >= 4 is 23.2 Å². The van der Waals surface area contributed by atoms with Crippen molar-refractivity contribution in [3.63, 3.8) is 0 Å². The van der Waals surface area contributed by atoms with E-state index in [9.17, 15) is 9.59 Å². The van der Waals surface area contributed by atoms with Crippen LogP contribution in [-0.2, 0) is 9.59 Å². The minimum Gasteiger partial charge on any atom is -0.374 e. The van der Waals surface area contributed by atoms with E-state index in [0.29, 0.717) is 6.42 Å². The lowest BCUT2D eigenvalue weighted by molar-refractivity contribution is -0.121. The number of rotatable bonds is 8. The molecular formula is C18H27N3O2. The molecular weight excluding hydrogens is 290 g/mol. The van der Waals surface area contributed by atoms with Crippen LogP contribution < -0.4 is 15.5 Å². The van der Waals surface area contributed by atoms with Crippen LogP contribution in [-0.4, -0.2) is 30.9 Å². The summed E-state index contributed by atoms with van der Waals surface area (Å²) in [5.74, 6) is 0.174. The zero-order chi connectivity index (χ0) is 16.7. The first-order valence-electron chi connectivity index (χ1n) is 8.56. The van der Waals surface area contributed by atoms with Gasteiger partial charge in [0.05, 0.1) is 0 Å². The van der Waals surface area contributed by atoms with Crippen molar-refractivity contribution in [1.82, 2.24) is 5.32 Å². The van der Waals surface area contributed by atoms with Gasteiger partial charge in [0.1, 0.15) is 6.04 Å². The number of unbranched alkanes of at least 4 members (excludes halogenated alkanes) is 2. The highest BCUT2D eigenvalue weighted by Gasteiger charge is 2.22. The van der Waals surface area contributed by atoms with Gasteiger partial charge in [0, 0.05) is 30.9 Å². The largest absolute Gasteiger partial charge is 0.374 e. The van der Waals surface area contributed by atoms with Crippen molar-refractivity contribution < 1.29 is 9.59 Å². The minimum atomic E-state index is -0.304. The number of hydrogen-bond donors (Lipinski definition) is 2. The van der Waals surface area contributed by atoms with E-state index in [1.807, 2.05) is 31.2 Å². The average molecular weight is 317 g/mol. The van der Waals surface area contributed by atoms with Gasteiger partial charge in [-0.25, -0.2) is 0 Å². The fourth-order valence-corrected chi connectivity index (χ4v) is 2.74. The van der Waals surface area contributed by atoms with Crippen LogP contribution in [0.2, 0.25) is 0 Å². The van der Waals surface area contributed by atoms with E-state index >= 15 is 0 Å². The summed E-state index contributed by atoms with van der Waals surface area (Å²) < 4.78 is 0. The van der Waals surface area contributed by atoms with Crippen molar-refractivity contribution in [3.8, 4) is 0 Å². The summed E-state index contributed by atoms with van der Waals surface area (Å²) in [4.78, 5) is 25.7. The van der Waals surface area contributed by atoms with E-state index in [1.54, 1.807) is 4.90 Å². The lowest BCUT2D eigenvalue weighted by Crippen LogP contribution is -2.38. The third kappa shape index (κ3) is 4.98. The van der Waals surface area contributed by atoms with Gasteiger partial charge in [-0.2, -0.15) is 0 Å². The monoisotopic (exact) mass is 317 g/mol. The molecule has 1 heterocycles. The first kappa shape index (κ1) is 17.3. The average Bonchev–Trinajstić information content (AvgIpc) is 2.97. The van der Waals surface area contributed by atoms with E-state index < -0.39 is 0 Å². The maximum absolute atomic E-state index is 12.1. The molecule has 1 fully saturated rings.